The molecule has 0 radical (unpaired) electrons. The number of fused-ring (bicyclic) bond motifs is 3. The summed E-state index contributed by atoms with van der Waals surface area (Å²) in [4.78, 5) is 4.70. The Labute approximate surface area is 170 Å². The summed E-state index contributed by atoms with van der Waals surface area (Å²) in [6.07, 6.45) is 1.93. The number of rotatable bonds is 5. The Hall–Kier alpha value is -2.60. The second kappa shape index (κ2) is 8.19. The minimum absolute atomic E-state index is 0.340. The molecule has 0 bridgehead atoms. The smallest absolute Gasteiger partial charge is 0.247 e. The maximum absolute atomic E-state index is 6.37. The molecule has 1 aliphatic heterocycles. The topological polar surface area (TPSA) is 59.9 Å². The average molecular weight is 393 g/mol. The van der Waals surface area contributed by atoms with E-state index in [2.05, 4.69) is 54.5 Å². The molecule has 1 atom stereocenters. The lowest BCUT2D eigenvalue weighted by molar-refractivity contribution is 0.224. The lowest BCUT2D eigenvalue weighted by Crippen LogP contribution is -2.18. The fourth-order valence-corrected chi connectivity index (χ4v) is 4.06. The SMILES string of the molecule is CCCCSc1nnc2c(n1)OC(c1cc(C)ccc1C)Nc1ccccc1-2. The first-order chi connectivity index (χ1) is 13.7. The number of ether oxygens (including phenoxy) is 1. The molecule has 0 saturated carbocycles. The summed E-state index contributed by atoms with van der Waals surface area (Å²) in [5.41, 5.74) is 6.06. The number of nitrogens with one attached hydrogen (secondary N) is 1. The summed E-state index contributed by atoms with van der Waals surface area (Å²) in [5, 5.41) is 13.0. The van der Waals surface area contributed by atoms with Gasteiger partial charge in [0.25, 0.3) is 0 Å². The summed E-state index contributed by atoms with van der Waals surface area (Å²) in [6, 6.07) is 14.5. The molecule has 1 unspecified atom stereocenters. The lowest BCUT2D eigenvalue weighted by Gasteiger charge is -2.21. The molecule has 1 aliphatic rings. The summed E-state index contributed by atoms with van der Waals surface area (Å²) < 4.78 is 6.37. The van der Waals surface area contributed by atoms with Crippen molar-refractivity contribution in [3.63, 3.8) is 0 Å². The Kier molecular flexibility index (Phi) is 5.48. The maximum atomic E-state index is 6.37. The molecule has 144 valence electrons. The van der Waals surface area contributed by atoms with Crippen molar-refractivity contribution >= 4 is 17.4 Å². The number of unbranched alkanes of at least 4 members (excludes halogenated alkanes) is 1. The molecule has 0 saturated heterocycles. The average Bonchev–Trinajstić information content (AvgIpc) is 2.86. The van der Waals surface area contributed by atoms with Gasteiger partial charge in [0.1, 0.15) is 0 Å². The minimum atomic E-state index is -0.340. The fourth-order valence-electron chi connectivity index (χ4n) is 3.20. The maximum Gasteiger partial charge on any atom is 0.247 e. The van der Waals surface area contributed by atoms with E-state index in [1.165, 1.54) is 11.1 Å². The van der Waals surface area contributed by atoms with Crippen molar-refractivity contribution in [2.45, 2.75) is 45.0 Å². The summed E-state index contributed by atoms with van der Waals surface area (Å²) >= 11 is 1.62. The van der Waals surface area contributed by atoms with Crippen LogP contribution in [0.2, 0.25) is 0 Å². The first-order valence-corrected chi connectivity index (χ1v) is 10.6. The van der Waals surface area contributed by atoms with Gasteiger partial charge in [-0.25, -0.2) is 0 Å². The van der Waals surface area contributed by atoms with Gasteiger partial charge in [0.2, 0.25) is 11.0 Å². The molecule has 6 heteroatoms. The molecule has 28 heavy (non-hydrogen) atoms. The van der Waals surface area contributed by atoms with Crippen LogP contribution in [0.25, 0.3) is 11.3 Å². The number of anilines is 1. The molecule has 2 heterocycles. The van der Waals surface area contributed by atoms with Gasteiger partial charge in [-0.05, 0) is 31.9 Å². The Morgan fingerprint density at radius 3 is 2.82 bits per heavy atom. The third-order valence-corrected chi connectivity index (χ3v) is 5.70. The largest absolute Gasteiger partial charge is 0.448 e. The van der Waals surface area contributed by atoms with Gasteiger partial charge >= 0.3 is 0 Å². The number of aromatic nitrogens is 3. The van der Waals surface area contributed by atoms with Gasteiger partial charge in [-0.3, -0.25) is 0 Å². The Balaban J connectivity index is 1.77. The number of aryl methyl sites for hydroxylation is 2. The van der Waals surface area contributed by atoms with Gasteiger partial charge < -0.3 is 10.1 Å². The van der Waals surface area contributed by atoms with Gasteiger partial charge in [-0.2, -0.15) is 4.98 Å². The van der Waals surface area contributed by atoms with Crippen molar-refractivity contribution in [1.29, 1.82) is 0 Å². The van der Waals surface area contributed by atoms with Crippen LogP contribution in [0.1, 0.15) is 42.7 Å². The number of hydrogen-bond donors (Lipinski definition) is 1. The van der Waals surface area contributed by atoms with Crippen LogP contribution in [0.3, 0.4) is 0 Å². The number of benzene rings is 2. The second-order valence-corrected chi connectivity index (χ2v) is 8.06. The number of thioether (sulfide) groups is 1. The summed E-state index contributed by atoms with van der Waals surface area (Å²) in [6.45, 7) is 6.37. The number of nitrogens with zero attached hydrogens (tertiary/aromatic N) is 3. The molecule has 5 nitrogen and oxygen atoms in total. The van der Waals surface area contributed by atoms with Crippen LogP contribution in [0.15, 0.2) is 47.6 Å². The number of hydrogen-bond acceptors (Lipinski definition) is 6. The van der Waals surface area contributed by atoms with Gasteiger partial charge in [-0.15, -0.1) is 10.2 Å². The molecular weight excluding hydrogens is 368 g/mol. The third kappa shape index (κ3) is 3.83. The van der Waals surface area contributed by atoms with Gasteiger partial charge in [0.15, 0.2) is 11.9 Å². The molecule has 3 aromatic rings. The standard InChI is InChI=1S/C22H24N4OS/c1-4-5-12-28-22-24-21-19(25-26-22)16-8-6-7-9-18(16)23-20(27-21)17-13-14(2)10-11-15(17)3/h6-11,13,20,23H,4-5,12H2,1-3H3. The zero-order valence-electron chi connectivity index (χ0n) is 16.4. The van der Waals surface area contributed by atoms with Crippen molar-refractivity contribution in [3.05, 3.63) is 59.2 Å². The molecule has 2 aromatic carbocycles. The van der Waals surface area contributed by atoms with Gasteiger partial charge in [0, 0.05) is 22.6 Å². The highest BCUT2D eigenvalue weighted by Gasteiger charge is 2.26. The molecular formula is C22H24N4OS. The van der Waals surface area contributed by atoms with E-state index in [0.29, 0.717) is 16.7 Å². The molecule has 0 spiro atoms. The van der Waals surface area contributed by atoms with Gasteiger partial charge in [-0.1, -0.05) is 67.1 Å². The Morgan fingerprint density at radius 2 is 1.96 bits per heavy atom. The molecule has 4 rings (SSSR count). The lowest BCUT2D eigenvalue weighted by atomic mass is 10.0. The highest BCUT2D eigenvalue weighted by Crippen LogP contribution is 2.40. The predicted molar refractivity (Wildman–Crippen MR) is 114 cm³/mol. The van der Waals surface area contributed by atoms with Crippen molar-refractivity contribution in [2.75, 3.05) is 11.1 Å². The predicted octanol–water partition coefficient (Wildman–Crippen LogP) is 5.55. The van der Waals surface area contributed by atoms with Crippen molar-refractivity contribution < 1.29 is 4.74 Å². The number of para-hydroxylation sites is 1. The van der Waals surface area contributed by atoms with E-state index in [4.69, 9.17) is 9.72 Å². The first-order valence-electron chi connectivity index (χ1n) is 9.63. The van der Waals surface area contributed by atoms with Crippen LogP contribution in [0.4, 0.5) is 5.69 Å². The van der Waals surface area contributed by atoms with Gasteiger partial charge in [0.05, 0.1) is 0 Å². The van der Waals surface area contributed by atoms with E-state index in [-0.39, 0.29) is 6.23 Å². The van der Waals surface area contributed by atoms with E-state index >= 15 is 0 Å². The highest BCUT2D eigenvalue weighted by atomic mass is 32.2. The Bertz CT molecular complexity index is 992. The van der Waals surface area contributed by atoms with E-state index in [0.717, 1.165) is 35.4 Å². The van der Waals surface area contributed by atoms with Crippen molar-refractivity contribution in [2.24, 2.45) is 0 Å². The normalized spacial score (nSPS) is 15.0. The van der Waals surface area contributed by atoms with Crippen LogP contribution in [0.5, 0.6) is 5.88 Å². The zero-order valence-corrected chi connectivity index (χ0v) is 17.2. The van der Waals surface area contributed by atoms with Crippen LogP contribution in [-0.2, 0) is 0 Å². The quantitative estimate of drug-likeness (QED) is 0.454. The van der Waals surface area contributed by atoms with E-state index in [9.17, 15) is 0 Å². The second-order valence-electron chi connectivity index (χ2n) is 7.00. The molecule has 0 aliphatic carbocycles. The van der Waals surface area contributed by atoms with Crippen molar-refractivity contribution in [1.82, 2.24) is 15.2 Å². The van der Waals surface area contributed by atoms with E-state index in [1.54, 1.807) is 11.8 Å². The zero-order chi connectivity index (χ0) is 19.5. The Morgan fingerprint density at radius 1 is 1.11 bits per heavy atom. The first kappa shape index (κ1) is 18.7. The summed E-state index contributed by atoms with van der Waals surface area (Å²) in [5.74, 6) is 1.50. The van der Waals surface area contributed by atoms with Crippen LogP contribution in [0, 0.1) is 13.8 Å². The van der Waals surface area contributed by atoms with Crippen molar-refractivity contribution in [3.8, 4) is 17.1 Å². The molecule has 0 fully saturated rings. The molecule has 0 amide bonds. The third-order valence-electron chi connectivity index (χ3n) is 4.78. The monoisotopic (exact) mass is 392 g/mol. The van der Waals surface area contributed by atoms with Crippen LogP contribution >= 0.6 is 11.8 Å². The van der Waals surface area contributed by atoms with E-state index in [1.807, 2.05) is 24.3 Å². The highest BCUT2D eigenvalue weighted by molar-refractivity contribution is 7.99. The van der Waals surface area contributed by atoms with E-state index < -0.39 is 0 Å². The summed E-state index contributed by atoms with van der Waals surface area (Å²) in [7, 11) is 0. The minimum Gasteiger partial charge on any atom is -0.448 e. The van der Waals surface area contributed by atoms with Crippen LogP contribution < -0.4 is 10.1 Å². The van der Waals surface area contributed by atoms with Crippen LogP contribution in [-0.4, -0.2) is 20.9 Å². The fraction of sp³-hybridized carbons (Fsp3) is 0.318. The molecule has 1 aromatic heterocycles. The molecule has 1 N–H and O–H groups in total.